The predicted octanol–water partition coefficient (Wildman–Crippen LogP) is 1.06. The number of hydrogen-bond acceptors (Lipinski definition) is 3. The molecule has 0 spiro atoms. The van der Waals surface area contributed by atoms with E-state index in [1.165, 1.54) is 24.8 Å². The Balaban J connectivity index is 1.43. The van der Waals surface area contributed by atoms with E-state index < -0.39 is 0 Å². The molecule has 0 saturated heterocycles. The molecule has 2 atom stereocenters. The van der Waals surface area contributed by atoms with Crippen LogP contribution in [0.3, 0.4) is 0 Å². The van der Waals surface area contributed by atoms with Gasteiger partial charge in [-0.2, -0.15) is 0 Å². The average molecular weight is 416 g/mol. The molecule has 1 N–H and O–H groups in total. The van der Waals surface area contributed by atoms with Crippen LogP contribution in [0.2, 0.25) is 0 Å². The summed E-state index contributed by atoms with van der Waals surface area (Å²) in [4.78, 5) is 12.0. The van der Waals surface area contributed by atoms with Gasteiger partial charge in [0.1, 0.15) is 0 Å². The Morgan fingerprint density at radius 2 is 2.14 bits per heavy atom. The van der Waals surface area contributed by atoms with Gasteiger partial charge in [0.05, 0.1) is 0 Å². The number of carbonyl (C=O) groups is 1. The normalized spacial score (nSPS) is 29.3. The van der Waals surface area contributed by atoms with Gasteiger partial charge >= 0.3 is 145 Å². The quantitative estimate of drug-likeness (QED) is 0.520. The number of Topliss-reactive ketones (excluding diaryl/α,β-unsaturated/α-hetero) is 1. The molecule has 0 aromatic heterocycles. The zero-order valence-electron chi connectivity index (χ0n) is 13.4. The average Bonchev–Trinajstić information content (AvgIpc) is 2.44. The van der Waals surface area contributed by atoms with Gasteiger partial charge in [-0.15, -0.1) is 0 Å². The van der Waals surface area contributed by atoms with Gasteiger partial charge in [0.2, 0.25) is 0 Å². The molecule has 0 amide bonds. The van der Waals surface area contributed by atoms with Crippen molar-refractivity contribution in [3.05, 3.63) is 21.6 Å². The summed E-state index contributed by atoms with van der Waals surface area (Å²) in [6.45, 7) is 2.14. The fourth-order valence-electron chi connectivity index (χ4n) is 3.56. The third-order valence-electron chi connectivity index (χ3n) is 5.12. The number of allylic oxidation sites excluding steroid dienone is 2. The SMILES string of the molecule is CC1=C[I-]NC(O[C@@H]2CCCC(CCC(=O)C3CCC3)C2)=C1. The Morgan fingerprint density at radius 3 is 2.86 bits per heavy atom. The Morgan fingerprint density at radius 1 is 1.32 bits per heavy atom. The van der Waals surface area contributed by atoms with Gasteiger partial charge in [-0.3, -0.25) is 0 Å². The molecule has 22 heavy (non-hydrogen) atoms. The third-order valence-corrected chi connectivity index (χ3v) is 7.26. The van der Waals surface area contributed by atoms with Crippen molar-refractivity contribution in [2.45, 2.75) is 70.8 Å². The third kappa shape index (κ3) is 4.49. The zero-order chi connectivity index (χ0) is 15.4. The van der Waals surface area contributed by atoms with Crippen molar-refractivity contribution >= 4 is 5.78 Å². The van der Waals surface area contributed by atoms with Crippen molar-refractivity contribution in [3.63, 3.8) is 0 Å². The summed E-state index contributed by atoms with van der Waals surface area (Å²) in [6.07, 6.45) is 12.7. The molecular weight excluding hydrogens is 389 g/mol. The first kappa shape index (κ1) is 16.3. The van der Waals surface area contributed by atoms with Crippen LogP contribution in [0.5, 0.6) is 0 Å². The van der Waals surface area contributed by atoms with Crippen LogP contribution in [0.25, 0.3) is 0 Å². The molecule has 2 fully saturated rings. The molecule has 124 valence electrons. The van der Waals surface area contributed by atoms with E-state index in [1.807, 2.05) is 0 Å². The summed E-state index contributed by atoms with van der Waals surface area (Å²) in [5.74, 6) is 2.59. The summed E-state index contributed by atoms with van der Waals surface area (Å²) in [7, 11) is 0. The molecule has 2 aliphatic carbocycles. The maximum absolute atomic E-state index is 12.0. The maximum atomic E-state index is 12.0. The molecule has 2 saturated carbocycles. The Labute approximate surface area is 144 Å². The molecule has 1 aliphatic heterocycles. The number of nitrogens with one attached hydrogen (secondary N) is 1. The van der Waals surface area contributed by atoms with E-state index in [1.54, 1.807) is 0 Å². The van der Waals surface area contributed by atoms with E-state index in [0.29, 0.717) is 23.7 Å². The van der Waals surface area contributed by atoms with E-state index in [4.69, 9.17) is 4.74 Å². The van der Waals surface area contributed by atoms with Gasteiger partial charge in [0, 0.05) is 0 Å². The van der Waals surface area contributed by atoms with E-state index in [-0.39, 0.29) is 21.5 Å². The van der Waals surface area contributed by atoms with Crippen molar-refractivity contribution in [1.29, 1.82) is 0 Å². The van der Waals surface area contributed by atoms with E-state index in [9.17, 15) is 4.79 Å². The van der Waals surface area contributed by atoms with Crippen LogP contribution in [0.1, 0.15) is 64.7 Å². The molecule has 3 rings (SSSR count). The van der Waals surface area contributed by atoms with Crippen LogP contribution >= 0.6 is 0 Å². The standard InChI is InChI=1S/C18H27INO2/c1-13-10-18(20-19-12-13)22-16-7-2-4-14(11-16)8-9-17(21)15-5-3-6-15/h10,12,14-16,20H,2-9,11H2,1H3/q-1/t14?,16-/m1/s1. The molecule has 0 bridgehead atoms. The van der Waals surface area contributed by atoms with Crippen molar-refractivity contribution in [3.8, 4) is 0 Å². The van der Waals surface area contributed by atoms with Crippen molar-refractivity contribution in [1.82, 2.24) is 3.53 Å². The second kappa shape index (κ2) is 7.84. The Hall–Kier alpha value is -0.520. The van der Waals surface area contributed by atoms with Crippen molar-refractivity contribution in [2.24, 2.45) is 11.8 Å². The molecule has 1 heterocycles. The van der Waals surface area contributed by atoms with Gasteiger partial charge in [0.25, 0.3) is 0 Å². The van der Waals surface area contributed by atoms with Crippen molar-refractivity contribution < 1.29 is 31.0 Å². The first-order valence-electron chi connectivity index (χ1n) is 8.67. The first-order valence-corrected chi connectivity index (χ1v) is 11.0. The van der Waals surface area contributed by atoms with Gasteiger partial charge in [0.15, 0.2) is 0 Å². The number of hydrogen-bond donors (Lipinski definition) is 1. The molecule has 0 aromatic carbocycles. The summed E-state index contributed by atoms with van der Waals surface area (Å²) in [6, 6.07) is 0. The van der Waals surface area contributed by atoms with Crippen LogP contribution in [0.4, 0.5) is 0 Å². The fourth-order valence-corrected chi connectivity index (χ4v) is 4.98. The van der Waals surface area contributed by atoms with E-state index in [0.717, 1.165) is 44.4 Å². The number of ketones is 1. The van der Waals surface area contributed by atoms with Crippen LogP contribution in [0, 0.1) is 11.8 Å². The monoisotopic (exact) mass is 416 g/mol. The molecule has 0 aromatic rings. The van der Waals surface area contributed by atoms with Crippen LogP contribution < -0.4 is 25.0 Å². The van der Waals surface area contributed by atoms with E-state index in [2.05, 4.69) is 20.6 Å². The molecule has 3 nitrogen and oxygen atoms in total. The molecular formula is C18H27INO2-. The topological polar surface area (TPSA) is 38.3 Å². The van der Waals surface area contributed by atoms with Gasteiger partial charge in [-0.25, -0.2) is 0 Å². The fraction of sp³-hybridized carbons (Fsp3) is 0.722. The second-order valence-corrected chi connectivity index (χ2v) is 8.76. The summed E-state index contributed by atoms with van der Waals surface area (Å²) >= 11 is -0.0751. The molecule has 0 radical (unpaired) electrons. The molecule has 1 unspecified atom stereocenters. The minimum absolute atomic E-state index is 0.0751. The van der Waals surface area contributed by atoms with Crippen LogP contribution in [-0.2, 0) is 9.53 Å². The number of carbonyl (C=O) groups excluding carboxylic acids is 1. The number of ether oxygens (including phenoxy) is 1. The predicted molar refractivity (Wildman–Crippen MR) is 83.4 cm³/mol. The van der Waals surface area contributed by atoms with Gasteiger partial charge in [-0.05, 0) is 0 Å². The van der Waals surface area contributed by atoms with Gasteiger partial charge in [-0.1, -0.05) is 0 Å². The summed E-state index contributed by atoms with van der Waals surface area (Å²) in [5.41, 5.74) is 1.32. The number of rotatable bonds is 6. The zero-order valence-corrected chi connectivity index (χ0v) is 15.6. The summed E-state index contributed by atoms with van der Waals surface area (Å²) in [5, 5.41) is 0. The van der Waals surface area contributed by atoms with Gasteiger partial charge < -0.3 is 0 Å². The van der Waals surface area contributed by atoms with E-state index >= 15 is 0 Å². The number of halogens is 1. The van der Waals surface area contributed by atoms with Crippen LogP contribution in [-0.4, -0.2) is 11.9 Å². The Kier molecular flexibility index (Phi) is 5.83. The molecule has 4 heteroatoms. The second-order valence-electron chi connectivity index (χ2n) is 6.97. The molecule has 3 aliphatic rings. The minimum atomic E-state index is -0.0751. The first-order chi connectivity index (χ1) is 10.7. The Bertz CT molecular complexity index is 468. The van der Waals surface area contributed by atoms with Crippen molar-refractivity contribution in [2.75, 3.05) is 0 Å². The van der Waals surface area contributed by atoms with Crippen LogP contribution in [0.15, 0.2) is 21.6 Å². The summed E-state index contributed by atoms with van der Waals surface area (Å²) < 4.78 is 11.9.